The lowest BCUT2D eigenvalue weighted by Gasteiger charge is -2.08. The number of furan rings is 1. The minimum absolute atomic E-state index is 0.0273. The molecule has 0 aliphatic rings. The quantitative estimate of drug-likeness (QED) is 0.506. The molecule has 0 fully saturated rings. The second-order valence-corrected chi connectivity index (χ2v) is 5.89. The molecule has 2 heterocycles. The Morgan fingerprint density at radius 3 is 2.64 bits per heavy atom. The summed E-state index contributed by atoms with van der Waals surface area (Å²) in [5.41, 5.74) is -1.74. The number of nitro benzene ring substituents is 1. The maximum atomic E-state index is 12.7. The highest BCUT2D eigenvalue weighted by Gasteiger charge is 2.33. The molecule has 25 heavy (non-hydrogen) atoms. The Morgan fingerprint density at radius 1 is 1.28 bits per heavy atom. The Labute approximate surface area is 142 Å². The van der Waals surface area contributed by atoms with E-state index in [1.807, 2.05) is 0 Å². The third kappa shape index (κ3) is 3.36. The number of aromatic nitrogens is 3. The number of nitrogens with zero attached hydrogens (tertiary/aromatic N) is 4. The van der Waals surface area contributed by atoms with Gasteiger partial charge in [0, 0.05) is 13.1 Å². The molecule has 0 saturated heterocycles. The summed E-state index contributed by atoms with van der Waals surface area (Å²) in [7, 11) is 1.62. The van der Waals surface area contributed by atoms with Crippen LogP contribution in [-0.2, 0) is 13.2 Å². The molecule has 130 valence electrons. The van der Waals surface area contributed by atoms with Crippen LogP contribution >= 0.6 is 11.8 Å². The molecule has 7 nitrogen and oxygen atoms in total. The molecular formula is C14H9F3N4O3S. The van der Waals surface area contributed by atoms with Crippen LogP contribution in [0.15, 0.2) is 51.1 Å². The zero-order valence-corrected chi connectivity index (χ0v) is 13.3. The number of nitro groups is 1. The summed E-state index contributed by atoms with van der Waals surface area (Å²) in [6, 6.07) is 5.68. The molecule has 0 unspecified atom stereocenters. The van der Waals surface area contributed by atoms with Gasteiger partial charge >= 0.3 is 6.18 Å². The molecule has 3 rings (SSSR count). The van der Waals surface area contributed by atoms with Crippen molar-refractivity contribution in [2.75, 3.05) is 0 Å². The molecule has 3 aromatic rings. The number of hydrogen-bond donors (Lipinski definition) is 0. The predicted molar refractivity (Wildman–Crippen MR) is 80.9 cm³/mol. The van der Waals surface area contributed by atoms with Gasteiger partial charge in [0.25, 0.3) is 5.69 Å². The van der Waals surface area contributed by atoms with Gasteiger partial charge in [-0.2, -0.15) is 13.2 Å². The van der Waals surface area contributed by atoms with Crippen molar-refractivity contribution in [2.45, 2.75) is 16.2 Å². The maximum Gasteiger partial charge on any atom is 0.416 e. The molecule has 0 aliphatic heterocycles. The van der Waals surface area contributed by atoms with E-state index in [-0.39, 0.29) is 10.1 Å². The SMILES string of the molecule is Cn1c(Sc2ccc(C(F)(F)F)cc2[N+](=O)[O-])nnc1-c1ccco1. The predicted octanol–water partition coefficient (Wildman–Crippen LogP) is 4.15. The first-order valence-corrected chi connectivity index (χ1v) is 7.56. The van der Waals surface area contributed by atoms with E-state index in [2.05, 4.69) is 10.2 Å². The smallest absolute Gasteiger partial charge is 0.416 e. The fraction of sp³-hybridized carbons (Fsp3) is 0.143. The van der Waals surface area contributed by atoms with E-state index in [1.54, 1.807) is 19.2 Å². The van der Waals surface area contributed by atoms with Crippen molar-refractivity contribution in [1.82, 2.24) is 14.8 Å². The maximum absolute atomic E-state index is 12.7. The fourth-order valence-electron chi connectivity index (χ4n) is 2.05. The Balaban J connectivity index is 1.97. The normalized spacial score (nSPS) is 11.7. The van der Waals surface area contributed by atoms with E-state index in [0.29, 0.717) is 17.7 Å². The molecule has 0 aliphatic carbocycles. The number of halogens is 3. The van der Waals surface area contributed by atoms with Crippen LogP contribution in [0, 0.1) is 10.1 Å². The van der Waals surface area contributed by atoms with Gasteiger partial charge in [-0.15, -0.1) is 10.2 Å². The van der Waals surface area contributed by atoms with Gasteiger partial charge in [-0.1, -0.05) is 0 Å². The highest BCUT2D eigenvalue weighted by Crippen LogP contribution is 2.39. The van der Waals surface area contributed by atoms with Crippen molar-refractivity contribution in [3.05, 3.63) is 52.3 Å². The lowest BCUT2D eigenvalue weighted by atomic mass is 10.2. The van der Waals surface area contributed by atoms with Crippen LogP contribution in [0.25, 0.3) is 11.6 Å². The molecular weight excluding hydrogens is 361 g/mol. The molecule has 2 aromatic heterocycles. The van der Waals surface area contributed by atoms with Crippen LogP contribution in [0.5, 0.6) is 0 Å². The summed E-state index contributed by atoms with van der Waals surface area (Å²) in [5, 5.41) is 19.3. The van der Waals surface area contributed by atoms with Crippen LogP contribution in [0.2, 0.25) is 0 Å². The van der Waals surface area contributed by atoms with E-state index < -0.39 is 22.4 Å². The van der Waals surface area contributed by atoms with Crippen molar-refractivity contribution in [2.24, 2.45) is 7.05 Å². The first-order valence-electron chi connectivity index (χ1n) is 6.74. The second kappa shape index (κ2) is 6.24. The third-order valence-corrected chi connectivity index (χ3v) is 4.36. The van der Waals surface area contributed by atoms with Crippen molar-refractivity contribution in [1.29, 1.82) is 0 Å². The fourth-order valence-corrected chi connectivity index (χ4v) is 2.92. The second-order valence-electron chi connectivity index (χ2n) is 4.88. The van der Waals surface area contributed by atoms with E-state index in [0.717, 1.165) is 23.9 Å². The first-order chi connectivity index (χ1) is 11.8. The van der Waals surface area contributed by atoms with Crippen molar-refractivity contribution >= 4 is 17.4 Å². The average Bonchev–Trinajstić information content (AvgIpc) is 3.17. The van der Waals surface area contributed by atoms with Crippen molar-refractivity contribution < 1.29 is 22.5 Å². The lowest BCUT2D eigenvalue weighted by Crippen LogP contribution is -2.06. The molecule has 0 N–H and O–H groups in total. The van der Waals surface area contributed by atoms with Crippen LogP contribution in [0.4, 0.5) is 18.9 Å². The van der Waals surface area contributed by atoms with Gasteiger partial charge in [-0.05, 0) is 36.0 Å². The average molecular weight is 370 g/mol. The summed E-state index contributed by atoms with van der Waals surface area (Å²) >= 11 is 0.845. The lowest BCUT2D eigenvalue weighted by molar-refractivity contribution is -0.388. The standard InChI is InChI=1S/C14H9F3N4O3S/c1-20-12(10-3-2-6-24-10)18-19-13(20)25-11-5-4-8(14(15,16)17)7-9(11)21(22)23/h2-7H,1H3. The number of rotatable bonds is 4. The first kappa shape index (κ1) is 17.0. The number of hydrogen-bond acceptors (Lipinski definition) is 6. The monoisotopic (exact) mass is 370 g/mol. The zero-order valence-electron chi connectivity index (χ0n) is 12.5. The van der Waals surface area contributed by atoms with E-state index >= 15 is 0 Å². The minimum atomic E-state index is -4.66. The van der Waals surface area contributed by atoms with Gasteiger partial charge in [-0.25, -0.2) is 0 Å². The van der Waals surface area contributed by atoms with Gasteiger partial charge in [0.2, 0.25) is 0 Å². The number of alkyl halides is 3. The Bertz CT molecular complexity index is 922. The summed E-state index contributed by atoms with van der Waals surface area (Å²) in [4.78, 5) is 10.3. The van der Waals surface area contributed by atoms with E-state index in [4.69, 9.17) is 4.42 Å². The minimum Gasteiger partial charge on any atom is -0.461 e. The zero-order chi connectivity index (χ0) is 18.2. The molecule has 0 saturated carbocycles. The van der Waals surface area contributed by atoms with Gasteiger partial charge < -0.3 is 8.98 Å². The molecule has 1 aromatic carbocycles. The van der Waals surface area contributed by atoms with Gasteiger partial charge in [0.05, 0.1) is 21.6 Å². The summed E-state index contributed by atoms with van der Waals surface area (Å²) < 4.78 is 45.0. The molecule has 0 spiro atoms. The highest BCUT2D eigenvalue weighted by molar-refractivity contribution is 7.99. The van der Waals surface area contributed by atoms with E-state index in [9.17, 15) is 23.3 Å². The molecule has 0 amide bonds. The summed E-state index contributed by atoms with van der Waals surface area (Å²) in [5.74, 6) is 0.839. The molecule has 0 atom stereocenters. The number of benzene rings is 1. The van der Waals surface area contributed by atoms with Crippen molar-refractivity contribution in [3.8, 4) is 11.6 Å². The molecule has 0 bridgehead atoms. The van der Waals surface area contributed by atoms with Gasteiger partial charge in [0.1, 0.15) is 0 Å². The van der Waals surface area contributed by atoms with Crippen molar-refractivity contribution in [3.63, 3.8) is 0 Å². The summed E-state index contributed by atoms with van der Waals surface area (Å²) in [6.45, 7) is 0. The Morgan fingerprint density at radius 2 is 2.04 bits per heavy atom. The third-order valence-electron chi connectivity index (χ3n) is 3.26. The van der Waals surface area contributed by atoms with E-state index in [1.165, 1.54) is 10.8 Å². The van der Waals surface area contributed by atoms with Crippen LogP contribution in [0.1, 0.15) is 5.56 Å². The largest absolute Gasteiger partial charge is 0.461 e. The van der Waals surface area contributed by atoms with Gasteiger partial charge in [0.15, 0.2) is 16.7 Å². The van der Waals surface area contributed by atoms with Gasteiger partial charge in [-0.3, -0.25) is 10.1 Å². The summed E-state index contributed by atoms with van der Waals surface area (Å²) in [6.07, 6.45) is -3.21. The topological polar surface area (TPSA) is 87.0 Å². The Hall–Kier alpha value is -2.82. The van der Waals surface area contributed by atoms with Crippen LogP contribution < -0.4 is 0 Å². The highest BCUT2D eigenvalue weighted by atomic mass is 32.2. The van der Waals surface area contributed by atoms with Crippen LogP contribution in [0.3, 0.4) is 0 Å². The molecule has 0 radical (unpaired) electrons. The Kier molecular flexibility index (Phi) is 4.25. The van der Waals surface area contributed by atoms with Crippen LogP contribution in [-0.4, -0.2) is 19.7 Å². The molecule has 11 heteroatoms.